The van der Waals surface area contributed by atoms with E-state index in [1.165, 1.54) is 6.08 Å². The highest BCUT2D eigenvalue weighted by atomic mass is 16.7. The lowest BCUT2D eigenvalue weighted by molar-refractivity contribution is -0.163. The molecule has 0 aromatic heterocycles. The molecule has 0 saturated heterocycles. The molecule has 0 aromatic carbocycles. The van der Waals surface area contributed by atoms with Crippen LogP contribution in [0.5, 0.6) is 0 Å². The summed E-state index contributed by atoms with van der Waals surface area (Å²) in [7, 11) is 0. The Hall–Kier alpha value is -0.870. The number of carbonyl (C=O) groups excluding carboxylic acids is 1. The zero-order valence-electron chi connectivity index (χ0n) is 11.7. The molecule has 0 heterocycles. The summed E-state index contributed by atoms with van der Waals surface area (Å²) in [4.78, 5) is 13.5. The minimum Gasteiger partial charge on any atom is -0.351 e. The fourth-order valence-corrected chi connectivity index (χ4v) is 1.48. The van der Waals surface area contributed by atoms with E-state index in [0.29, 0.717) is 19.8 Å². The molecule has 0 radical (unpaired) electrons. The maximum atomic E-state index is 11.8. The first-order valence-corrected chi connectivity index (χ1v) is 6.04. The zero-order valence-corrected chi connectivity index (χ0v) is 11.7. The first-order valence-electron chi connectivity index (χ1n) is 6.04. The fourth-order valence-electron chi connectivity index (χ4n) is 1.48. The Labute approximate surface area is 105 Å². The second kappa shape index (κ2) is 7.45. The Bertz CT molecular complexity index is 240. The molecular formula is C13H25NO3. The highest BCUT2D eigenvalue weighted by Gasteiger charge is 2.27. The van der Waals surface area contributed by atoms with Crippen LogP contribution >= 0.6 is 0 Å². The van der Waals surface area contributed by atoms with Crippen molar-refractivity contribution in [1.82, 2.24) is 4.90 Å². The SMILES string of the molecule is C=CC(=O)N(CC(OCC)OCC)C(C)(C)C. The largest absolute Gasteiger partial charge is 0.351 e. The van der Waals surface area contributed by atoms with Crippen molar-refractivity contribution < 1.29 is 14.3 Å². The predicted molar refractivity (Wildman–Crippen MR) is 68.7 cm³/mol. The van der Waals surface area contributed by atoms with Crippen LogP contribution in [0.15, 0.2) is 12.7 Å². The maximum Gasteiger partial charge on any atom is 0.246 e. The molecule has 0 unspecified atom stereocenters. The molecule has 0 spiro atoms. The third-order valence-corrected chi connectivity index (χ3v) is 2.29. The zero-order chi connectivity index (χ0) is 13.5. The molecule has 0 rings (SSSR count). The number of amides is 1. The van der Waals surface area contributed by atoms with Gasteiger partial charge in [-0.2, -0.15) is 0 Å². The van der Waals surface area contributed by atoms with E-state index in [1.807, 2.05) is 34.6 Å². The minimum absolute atomic E-state index is 0.109. The lowest BCUT2D eigenvalue weighted by atomic mass is 10.1. The highest BCUT2D eigenvalue weighted by Crippen LogP contribution is 2.15. The molecule has 100 valence electrons. The van der Waals surface area contributed by atoms with Gasteiger partial charge in [-0.1, -0.05) is 6.58 Å². The van der Waals surface area contributed by atoms with Gasteiger partial charge in [0, 0.05) is 18.8 Å². The van der Waals surface area contributed by atoms with Crippen LogP contribution < -0.4 is 0 Å². The van der Waals surface area contributed by atoms with Crippen molar-refractivity contribution in [2.24, 2.45) is 0 Å². The Morgan fingerprint density at radius 1 is 1.29 bits per heavy atom. The molecule has 0 saturated carbocycles. The summed E-state index contributed by atoms with van der Waals surface area (Å²) in [5, 5.41) is 0. The Kier molecular flexibility index (Phi) is 7.07. The predicted octanol–water partition coefficient (Wildman–Crippen LogP) is 2.20. The van der Waals surface area contributed by atoms with Crippen LogP contribution in [0.1, 0.15) is 34.6 Å². The molecule has 1 amide bonds. The van der Waals surface area contributed by atoms with Gasteiger partial charge in [-0.25, -0.2) is 0 Å². The van der Waals surface area contributed by atoms with Gasteiger partial charge in [0.05, 0.1) is 6.54 Å². The van der Waals surface area contributed by atoms with E-state index in [0.717, 1.165) is 0 Å². The van der Waals surface area contributed by atoms with Crippen LogP contribution in [0.3, 0.4) is 0 Å². The van der Waals surface area contributed by atoms with Crippen molar-refractivity contribution >= 4 is 5.91 Å². The molecular weight excluding hydrogens is 218 g/mol. The second-order valence-electron chi connectivity index (χ2n) is 4.66. The molecule has 0 fully saturated rings. The van der Waals surface area contributed by atoms with E-state index < -0.39 is 0 Å². The smallest absolute Gasteiger partial charge is 0.246 e. The van der Waals surface area contributed by atoms with Crippen molar-refractivity contribution in [3.63, 3.8) is 0 Å². The van der Waals surface area contributed by atoms with Gasteiger partial charge < -0.3 is 14.4 Å². The number of carbonyl (C=O) groups is 1. The summed E-state index contributed by atoms with van der Waals surface area (Å²) in [5.41, 5.74) is -0.280. The van der Waals surface area contributed by atoms with Crippen LogP contribution in [0.2, 0.25) is 0 Å². The van der Waals surface area contributed by atoms with Crippen molar-refractivity contribution in [2.45, 2.75) is 46.4 Å². The summed E-state index contributed by atoms with van der Waals surface area (Å²) >= 11 is 0. The van der Waals surface area contributed by atoms with E-state index in [4.69, 9.17) is 9.47 Å². The van der Waals surface area contributed by atoms with Crippen molar-refractivity contribution in [2.75, 3.05) is 19.8 Å². The normalized spacial score (nSPS) is 11.6. The van der Waals surface area contributed by atoms with Crippen LogP contribution in [-0.4, -0.2) is 42.4 Å². The molecule has 0 bridgehead atoms. The Morgan fingerprint density at radius 2 is 1.76 bits per heavy atom. The van der Waals surface area contributed by atoms with E-state index in [-0.39, 0.29) is 17.7 Å². The van der Waals surface area contributed by atoms with Gasteiger partial charge in [-0.3, -0.25) is 4.79 Å². The quantitative estimate of drug-likeness (QED) is 0.508. The molecule has 0 atom stereocenters. The van der Waals surface area contributed by atoms with E-state index in [2.05, 4.69) is 6.58 Å². The third-order valence-electron chi connectivity index (χ3n) is 2.29. The number of hydrogen-bond donors (Lipinski definition) is 0. The van der Waals surface area contributed by atoms with Gasteiger partial charge in [-0.15, -0.1) is 0 Å². The van der Waals surface area contributed by atoms with Gasteiger partial charge in [0.2, 0.25) is 5.91 Å². The van der Waals surface area contributed by atoms with Crippen molar-refractivity contribution in [3.8, 4) is 0 Å². The summed E-state index contributed by atoms with van der Waals surface area (Å²) in [5.74, 6) is -0.109. The van der Waals surface area contributed by atoms with Gasteiger partial charge in [0.25, 0.3) is 0 Å². The standard InChI is InChI=1S/C13H25NO3/c1-7-11(15)14(13(4,5)6)10-12(16-8-2)17-9-3/h7,12H,1,8-10H2,2-6H3. The average molecular weight is 243 g/mol. The lowest BCUT2D eigenvalue weighted by Crippen LogP contribution is -2.49. The summed E-state index contributed by atoms with van der Waals surface area (Å²) in [6, 6.07) is 0. The molecule has 17 heavy (non-hydrogen) atoms. The molecule has 4 heteroatoms. The Morgan fingerprint density at radius 3 is 2.06 bits per heavy atom. The van der Waals surface area contributed by atoms with E-state index in [1.54, 1.807) is 4.90 Å². The van der Waals surface area contributed by atoms with Crippen LogP contribution in [0, 0.1) is 0 Å². The maximum absolute atomic E-state index is 11.8. The number of ether oxygens (including phenoxy) is 2. The monoisotopic (exact) mass is 243 g/mol. The topological polar surface area (TPSA) is 38.8 Å². The number of hydrogen-bond acceptors (Lipinski definition) is 3. The van der Waals surface area contributed by atoms with Crippen LogP contribution in [0.25, 0.3) is 0 Å². The molecule has 0 aromatic rings. The van der Waals surface area contributed by atoms with Crippen LogP contribution in [0.4, 0.5) is 0 Å². The van der Waals surface area contributed by atoms with Crippen molar-refractivity contribution in [1.29, 1.82) is 0 Å². The third kappa shape index (κ3) is 5.84. The second-order valence-corrected chi connectivity index (χ2v) is 4.66. The molecule has 4 nitrogen and oxygen atoms in total. The van der Waals surface area contributed by atoms with E-state index >= 15 is 0 Å². The van der Waals surface area contributed by atoms with Gasteiger partial charge in [0.15, 0.2) is 6.29 Å². The summed E-state index contributed by atoms with van der Waals surface area (Å²) in [6.07, 6.45) is 0.938. The molecule has 0 N–H and O–H groups in total. The van der Waals surface area contributed by atoms with Crippen molar-refractivity contribution in [3.05, 3.63) is 12.7 Å². The van der Waals surface area contributed by atoms with Gasteiger partial charge >= 0.3 is 0 Å². The minimum atomic E-state index is -0.381. The number of rotatable bonds is 7. The lowest BCUT2D eigenvalue weighted by Gasteiger charge is -2.37. The van der Waals surface area contributed by atoms with E-state index in [9.17, 15) is 4.79 Å². The Balaban J connectivity index is 4.70. The molecule has 0 aliphatic carbocycles. The molecule has 0 aliphatic heterocycles. The number of nitrogens with zero attached hydrogens (tertiary/aromatic N) is 1. The molecule has 0 aliphatic rings. The summed E-state index contributed by atoms with van der Waals surface area (Å²) in [6.45, 7) is 14.8. The first-order chi connectivity index (χ1) is 7.86. The van der Waals surface area contributed by atoms with Crippen LogP contribution in [-0.2, 0) is 14.3 Å². The summed E-state index contributed by atoms with van der Waals surface area (Å²) < 4.78 is 10.9. The van der Waals surface area contributed by atoms with Gasteiger partial charge in [0.1, 0.15) is 0 Å². The van der Waals surface area contributed by atoms with Gasteiger partial charge in [-0.05, 0) is 40.7 Å². The first kappa shape index (κ1) is 16.1. The fraction of sp³-hybridized carbons (Fsp3) is 0.769. The highest BCUT2D eigenvalue weighted by molar-refractivity contribution is 5.87. The average Bonchev–Trinajstić information content (AvgIpc) is 2.23.